The lowest BCUT2D eigenvalue weighted by molar-refractivity contribution is -0.114. The predicted molar refractivity (Wildman–Crippen MR) is 96.2 cm³/mol. The number of anilines is 3. The Bertz CT molecular complexity index is 643. The SMILES string of the molecule is Cc1ccc(NC(=O)CNc2ccc(N3CCCC3)cc2)cc1. The van der Waals surface area contributed by atoms with E-state index in [1.54, 1.807) is 0 Å². The third kappa shape index (κ3) is 4.25. The maximum absolute atomic E-state index is 12.0. The van der Waals surface area contributed by atoms with Gasteiger partial charge in [0, 0.05) is 30.2 Å². The highest BCUT2D eigenvalue weighted by atomic mass is 16.1. The van der Waals surface area contributed by atoms with Gasteiger partial charge in [-0.3, -0.25) is 4.79 Å². The highest BCUT2D eigenvalue weighted by Gasteiger charge is 2.11. The van der Waals surface area contributed by atoms with Crippen LogP contribution >= 0.6 is 0 Å². The summed E-state index contributed by atoms with van der Waals surface area (Å²) < 4.78 is 0. The molecule has 0 spiro atoms. The molecule has 0 aliphatic carbocycles. The van der Waals surface area contributed by atoms with Crippen molar-refractivity contribution in [2.24, 2.45) is 0 Å². The Kier molecular flexibility index (Phi) is 4.81. The lowest BCUT2D eigenvalue weighted by atomic mass is 10.2. The molecule has 3 rings (SSSR count). The Morgan fingerprint density at radius 3 is 2.22 bits per heavy atom. The van der Waals surface area contributed by atoms with Crippen LogP contribution in [0.4, 0.5) is 17.1 Å². The van der Waals surface area contributed by atoms with Gasteiger partial charge in [-0.2, -0.15) is 0 Å². The quantitative estimate of drug-likeness (QED) is 0.886. The Labute approximate surface area is 137 Å². The van der Waals surface area contributed by atoms with E-state index < -0.39 is 0 Å². The van der Waals surface area contributed by atoms with E-state index in [2.05, 4.69) is 27.7 Å². The molecule has 0 saturated carbocycles. The van der Waals surface area contributed by atoms with Gasteiger partial charge >= 0.3 is 0 Å². The van der Waals surface area contributed by atoms with Gasteiger partial charge in [-0.25, -0.2) is 0 Å². The molecule has 0 radical (unpaired) electrons. The van der Waals surface area contributed by atoms with E-state index in [0.29, 0.717) is 0 Å². The molecule has 2 aromatic rings. The van der Waals surface area contributed by atoms with Crippen LogP contribution in [0.25, 0.3) is 0 Å². The molecule has 1 aliphatic rings. The maximum atomic E-state index is 12.0. The molecule has 4 nitrogen and oxygen atoms in total. The van der Waals surface area contributed by atoms with Crippen molar-refractivity contribution >= 4 is 23.0 Å². The first-order valence-corrected chi connectivity index (χ1v) is 8.16. The minimum absolute atomic E-state index is 0.0440. The second-order valence-electron chi connectivity index (χ2n) is 6.01. The molecule has 1 fully saturated rings. The van der Waals surface area contributed by atoms with E-state index in [0.717, 1.165) is 24.5 Å². The van der Waals surface area contributed by atoms with E-state index in [1.165, 1.54) is 24.1 Å². The van der Waals surface area contributed by atoms with Crippen molar-refractivity contribution < 1.29 is 4.79 Å². The average Bonchev–Trinajstić information content (AvgIpc) is 3.10. The molecule has 1 saturated heterocycles. The first kappa shape index (κ1) is 15.4. The minimum Gasteiger partial charge on any atom is -0.376 e. The summed E-state index contributed by atoms with van der Waals surface area (Å²) in [4.78, 5) is 14.4. The van der Waals surface area contributed by atoms with Gasteiger partial charge in [0.05, 0.1) is 6.54 Å². The van der Waals surface area contributed by atoms with E-state index in [-0.39, 0.29) is 12.5 Å². The summed E-state index contributed by atoms with van der Waals surface area (Å²) in [5, 5.41) is 6.05. The van der Waals surface area contributed by atoms with E-state index in [9.17, 15) is 4.79 Å². The lowest BCUT2D eigenvalue weighted by Crippen LogP contribution is -2.21. The van der Waals surface area contributed by atoms with Crippen LogP contribution in [-0.2, 0) is 4.79 Å². The molecule has 2 N–H and O–H groups in total. The fourth-order valence-electron chi connectivity index (χ4n) is 2.79. The predicted octanol–water partition coefficient (Wildman–Crippen LogP) is 3.65. The van der Waals surface area contributed by atoms with E-state index in [1.807, 2.05) is 43.3 Å². The van der Waals surface area contributed by atoms with Gasteiger partial charge in [0.1, 0.15) is 0 Å². The highest BCUT2D eigenvalue weighted by Crippen LogP contribution is 2.21. The third-order valence-electron chi connectivity index (χ3n) is 4.13. The van der Waals surface area contributed by atoms with Crippen LogP contribution in [0.5, 0.6) is 0 Å². The van der Waals surface area contributed by atoms with Crippen LogP contribution in [0.15, 0.2) is 48.5 Å². The number of amides is 1. The summed E-state index contributed by atoms with van der Waals surface area (Å²) in [6.45, 7) is 4.58. The summed E-state index contributed by atoms with van der Waals surface area (Å²) >= 11 is 0. The second kappa shape index (κ2) is 7.18. The fraction of sp³-hybridized carbons (Fsp3) is 0.316. The molecular weight excluding hydrogens is 286 g/mol. The van der Waals surface area contributed by atoms with Gasteiger partial charge in [-0.05, 0) is 56.2 Å². The van der Waals surface area contributed by atoms with Gasteiger partial charge in [-0.1, -0.05) is 17.7 Å². The molecule has 0 unspecified atom stereocenters. The zero-order valence-electron chi connectivity index (χ0n) is 13.5. The van der Waals surface area contributed by atoms with Crippen LogP contribution in [0.1, 0.15) is 18.4 Å². The Hall–Kier alpha value is -2.49. The van der Waals surface area contributed by atoms with Crippen molar-refractivity contribution in [2.75, 3.05) is 35.2 Å². The summed E-state index contributed by atoms with van der Waals surface area (Å²) in [5.74, 6) is -0.0440. The molecule has 1 amide bonds. The maximum Gasteiger partial charge on any atom is 0.243 e. The lowest BCUT2D eigenvalue weighted by Gasteiger charge is -2.18. The molecule has 0 atom stereocenters. The normalized spacial score (nSPS) is 13.9. The van der Waals surface area contributed by atoms with Gasteiger partial charge < -0.3 is 15.5 Å². The average molecular weight is 309 g/mol. The number of rotatable bonds is 5. The molecule has 2 aromatic carbocycles. The molecule has 4 heteroatoms. The first-order valence-electron chi connectivity index (χ1n) is 8.16. The van der Waals surface area contributed by atoms with Crippen molar-refractivity contribution in [3.05, 3.63) is 54.1 Å². The molecule has 120 valence electrons. The van der Waals surface area contributed by atoms with Crippen molar-refractivity contribution in [1.82, 2.24) is 0 Å². The van der Waals surface area contributed by atoms with Gasteiger partial charge in [0.25, 0.3) is 0 Å². The van der Waals surface area contributed by atoms with Crippen molar-refractivity contribution in [3.63, 3.8) is 0 Å². The van der Waals surface area contributed by atoms with Gasteiger partial charge in [0.2, 0.25) is 5.91 Å². The van der Waals surface area contributed by atoms with Crippen LogP contribution in [0, 0.1) is 6.92 Å². The second-order valence-corrected chi connectivity index (χ2v) is 6.01. The van der Waals surface area contributed by atoms with Crippen LogP contribution in [-0.4, -0.2) is 25.5 Å². The zero-order valence-corrected chi connectivity index (χ0v) is 13.5. The summed E-state index contributed by atoms with van der Waals surface area (Å²) in [6, 6.07) is 16.1. The van der Waals surface area contributed by atoms with Crippen LogP contribution < -0.4 is 15.5 Å². The number of hydrogen-bond donors (Lipinski definition) is 2. The molecule has 23 heavy (non-hydrogen) atoms. The third-order valence-corrected chi connectivity index (χ3v) is 4.13. The molecule has 0 bridgehead atoms. The Morgan fingerprint density at radius 1 is 0.957 bits per heavy atom. The van der Waals surface area contributed by atoms with E-state index in [4.69, 9.17) is 0 Å². The number of aryl methyl sites for hydroxylation is 1. The Balaban J connectivity index is 1.49. The molecule has 0 aromatic heterocycles. The summed E-state index contributed by atoms with van der Waals surface area (Å²) in [7, 11) is 0. The van der Waals surface area contributed by atoms with Crippen LogP contribution in [0.3, 0.4) is 0 Å². The summed E-state index contributed by atoms with van der Waals surface area (Å²) in [5.41, 5.74) is 4.23. The highest BCUT2D eigenvalue weighted by molar-refractivity contribution is 5.93. The summed E-state index contributed by atoms with van der Waals surface area (Å²) in [6.07, 6.45) is 2.55. The topological polar surface area (TPSA) is 44.4 Å². The number of hydrogen-bond acceptors (Lipinski definition) is 3. The number of benzene rings is 2. The smallest absolute Gasteiger partial charge is 0.243 e. The zero-order chi connectivity index (χ0) is 16.1. The van der Waals surface area contributed by atoms with Crippen molar-refractivity contribution in [1.29, 1.82) is 0 Å². The molecular formula is C19H23N3O. The minimum atomic E-state index is -0.0440. The van der Waals surface area contributed by atoms with Crippen molar-refractivity contribution in [3.8, 4) is 0 Å². The monoisotopic (exact) mass is 309 g/mol. The van der Waals surface area contributed by atoms with Gasteiger partial charge in [-0.15, -0.1) is 0 Å². The largest absolute Gasteiger partial charge is 0.376 e. The van der Waals surface area contributed by atoms with Gasteiger partial charge in [0.15, 0.2) is 0 Å². The number of nitrogens with one attached hydrogen (secondary N) is 2. The Morgan fingerprint density at radius 2 is 1.57 bits per heavy atom. The molecule has 1 heterocycles. The fourth-order valence-corrected chi connectivity index (χ4v) is 2.79. The van der Waals surface area contributed by atoms with Crippen LogP contribution in [0.2, 0.25) is 0 Å². The molecule has 1 aliphatic heterocycles. The standard InChI is InChI=1S/C19H23N3O/c1-15-4-6-17(7-5-15)21-19(23)14-20-16-8-10-18(11-9-16)22-12-2-3-13-22/h4-11,20H,2-3,12-14H2,1H3,(H,21,23). The van der Waals surface area contributed by atoms with E-state index >= 15 is 0 Å². The number of carbonyl (C=O) groups excluding carboxylic acids is 1. The first-order chi connectivity index (χ1) is 11.2. The number of nitrogens with zero attached hydrogens (tertiary/aromatic N) is 1. The van der Waals surface area contributed by atoms with Crippen molar-refractivity contribution in [2.45, 2.75) is 19.8 Å². The number of carbonyl (C=O) groups is 1.